The molecule has 0 saturated heterocycles. The Morgan fingerprint density at radius 2 is 2.17 bits per heavy atom. The zero-order chi connectivity index (χ0) is 17.5. The summed E-state index contributed by atoms with van der Waals surface area (Å²) in [5.41, 5.74) is 0.635. The van der Waals surface area contributed by atoms with Crippen molar-refractivity contribution in [2.45, 2.75) is 43.5 Å². The Balaban J connectivity index is 2.00. The van der Waals surface area contributed by atoms with Crippen LogP contribution < -0.4 is 15.9 Å². The topological polar surface area (TPSA) is 95.1 Å². The van der Waals surface area contributed by atoms with E-state index in [1.54, 1.807) is 26.2 Å². The number of carbonyl (C=O) groups is 1. The van der Waals surface area contributed by atoms with E-state index in [-0.39, 0.29) is 11.2 Å². The third-order valence-corrected chi connectivity index (χ3v) is 4.56. The van der Waals surface area contributed by atoms with Crippen molar-refractivity contribution in [3.8, 4) is 5.75 Å². The molecule has 1 heterocycles. The summed E-state index contributed by atoms with van der Waals surface area (Å²) in [6.07, 6.45) is 2.85. The first-order valence-electron chi connectivity index (χ1n) is 7.86. The number of benzene rings is 1. The van der Waals surface area contributed by atoms with Crippen LogP contribution in [0.5, 0.6) is 5.75 Å². The molecule has 3 N–H and O–H groups in total. The van der Waals surface area contributed by atoms with Crippen LogP contribution in [0, 0.1) is 0 Å². The van der Waals surface area contributed by atoms with Gasteiger partial charge in [0.1, 0.15) is 5.75 Å². The van der Waals surface area contributed by atoms with Gasteiger partial charge in [-0.3, -0.25) is 4.79 Å². The Morgan fingerprint density at radius 1 is 1.42 bits per heavy atom. The molecule has 0 radical (unpaired) electrons. The fourth-order valence-corrected chi connectivity index (χ4v) is 2.88. The predicted molar refractivity (Wildman–Crippen MR) is 95.7 cm³/mol. The van der Waals surface area contributed by atoms with Crippen LogP contribution in [0.15, 0.2) is 29.4 Å². The number of ether oxygens (including phenoxy) is 1. The first-order valence-corrected chi connectivity index (χ1v) is 8.74. The van der Waals surface area contributed by atoms with Crippen LogP contribution in [0.1, 0.15) is 32.5 Å². The Morgan fingerprint density at radius 3 is 2.88 bits per heavy atom. The number of nitrogen functional groups attached to an aromatic ring is 1. The monoisotopic (exact) mass is 349 g/mol. The molecular weight excluding hydrogens is 326 g/mol. The first-order chi connectivity index (χ1) is 11.6. The normalized spacial score (nSPS) is 12.0. The summed E-state index contributed by atoms with van der Waals surface area (Å²) in [6.45, 7) is 3.91. The average molecular weight is 349 g/mol. The summed E-state index contributed by atoms with van der Waals surface area (Å²) < 4.78 is 6.70. The minimum Gasteiger partial charge on any atom is -0.495 e. The van der Waals surface area contributed by atoms with Crippen molar-refractivity contribution in [2.24, 2.45) is 0 Å². The van der Waals surface area contributed by atoms with E-state index in [2.05, 4.69) is 22.4 Å². The number of aromatic nitrogens is 3. The fourth-order valence-electron chi connectivity index (χ4n) is 2.09. The number of unbranched alkanes of at least 4 members (excludes halogenated alkanes) is 1. The SMILES string of the molecule is CCCCc1nnc(S[C@H](C)C(=O)Nc2ccccc2OC)n1N. The van der Waals surface area contributed by atoms with Crippen molar-refractivity contribution in [3.05, 3.63) is 30.1 Å². The molecular formula is C16H23N5O2S. The Kier molecular flexibility index (Phi) is 6.48. The van der Waals surface area contributed by atoms with E-state index < -0.39 is 0 Å². The third-order valence-electron chi connectivity index (χ3n) is 3.51. The van der Waals surface area contributed by atoms with Crippen molar-refractivity contribution in [3.63, 3.8) is 0 Å². The van der Waals surface area contributed by atoms with E-state index in [4.69, 9.17) is 10.6 Å². The third kappa shape index (κ3) is 4.41. The molecule has 1 aromatic carbocycles. The molecule has 1 amide bonds. The number of nitrogens with one attached hydrogen (secondary N) is 1. The molecule has 0 bridgehead atoms. The highest BCUT2D eigenvalue weighted by Gasteiger charge is 2.20. The molecule has 0 unspecified atom stereocenters. The molecule has 2 rings (SSSR count). The van der Waals surface area contributed by atoms with Crippen LogP contribution in [0.25, 0.3) is 0 Å². The van der Waals surface area contributed by atoms with Gasteiger partial charge in [-0.25, -0.2) is 4.68 Å². The van der Waals surface area contributed by atoms with E-state index in [9.17, 15) is 4.79 Å². The summed E-state index contributed by atoms with van der Waals surface area (Å²) in [6, 6.07) is 7.28. The number of para-hydroxylation sites is 2. The van der Waals surface area contributed by atoms with Gasteiger partial charge >= 0.3 is 0 Å². The maximum atomic E-state index is 12.4. The van der Waals surface area contributed by atoms with Crippen molar-refractivity contribution >= 4 is 23.4 Å². The lowest BCUT2D eigenvalue weighted by atomic mass is 10.2. The second-order valence-electron chi connectivity index (χ2n) is 5.32. The van der Waals surface area contributed by atoms with Crippen LogP contribution >= 0.6 is 11.8 Å². The zero-order valence-corrected chi connectivity index (χ0v) is 15.0. The van der Waals surface area contributed by atoms with E-state index >= 15 is 0 Å². The molecule has 0 saturated carbocycles. The minimum absolute atomic E-state index is 0.150. The Bertz CT molecular complexity index is 689. The molecule has 0 fully saturated rings. The smallest absolute Gasteiger partial charge is 0.237 e. The maximum Gasteiger partial charge on any atom is 0.237 e. The summed E-state index contributed by atoms with van der Waals surface area (Å²) in [7, 11) is 1.57. The number of nitrogens with two attached hydrogens (primary N) is 1. The van der Waals surface area contributed by atoms with Crippen molar-refractivity contribution in [1.29, 1.82) is 0 Å². The molecule has 0 aliphatic heterocycles. The number of thioether (sulfide) groups is 1. The van der Waals surface area contributed by atoms with Gasteiger partial charge in [-0.2, -0.15) is 0 Å². The van der Waals surface area contributed by atoms with E-state index in [1.165, 1.54) is 16.4 Å². The number of anilines is 1. The summed E-state index contributed by atoms with van der Waals surface area (Å²) in [5, 5.41) is 11.2. The van der Waals surface area contributed by atoms with Gasteiger partial charge < -0.3 is 15.9 Å². The average Bonchev–Trinajstić information content (AvgIpc) is 2.93. The number of methoxy groups -OCH3 is 1. The van der Waals surface area contributed by atoms with Gasteiger partial charge in [-0.15, -0.1) is 10.2 Å². The number of hydrogen-bond acceptors (Lipinski definition) is 6. The lowest BCUT2D eigenvalue weighted by molar-refractivity contribution is -0.115. The molecule has 2 aromatic rings. The number of nitrogens with zero attached hydrogens (tertiary/aromatic N) is 3. The summed E-state index contributed by atoms with van der Waals surface area (Å²) in [5.74, 6) is 7.21. The second-order valence-corrected chi connectivity index (χ2v) is 6.63. The standard InChI is InChI=1S/C16H23N5O2S/c1-4-5-10-14-19-20-16(21(14)17)24-11(2)15(22)18-12-8-6-7-9-13(12)23-3/h6-9,11H,4-5,10,17H2,1-3H3,(H,18,22)/t11-/m1/s1. The lowest BCUT2D eigenvalue weighted by Crippen LogP contribution is -2.24. The molecule has 0 aliphatic carbocycles. The molecule has 1 atom stereocenters. The fraction of sp³-hybridized carbons (Fsp3) is 0.438. The predicted octanol–water partition coefficient (Wildman–Crippen LogP) is 2.46. The molecule has 130 valence electrons. The highest BCUT2D eigenvalue weighted by Crippen LogP contribution is 2.26. The van der Waals surface area contributed by atoms with Crippen LogP contribution in [-0.2, 0) is 11.2 Å². The number of hydrogen-bond donors (Lipinski definition) is 2. The van der Waals surface area contributed by atoms with Crippen molar-refractivity contribution < 1.29 is 9.53 Å². The Labute approximate surface area is 145 Å². The first kappa shape index (κ1) is 18.1. The molecule has 8 heteroatoms. The number of aryl methyl sites for hydroxylation is 1. The molecule has 24 heavy (non-hydrogen) atoms. The molecule has 0 spiro atoms. The molecule has 1 aromatic heterocycles. The van der Waals surface area contributed by atoms with E-state index in [1.807, 2.05) is 12.1 Å². The van der Waals surface area contributed by atoms with Gasteiger partial charge in [0.15, 0.2) is 5.82 Å². The van der Waals surface area contributed by atoms with Crippen molar-refractivity contribution in [1.82, 2.24) is 14.9 Å². The highest BCUT2D eigenvalue weighted by molar-refractivity contribution is 8.00. The summed E-state index contributed by atoms with van der Waals surface area (Å²) in [4.78, 5) is 12.4. The van der Waals surface area contributed by atoms with Gasteiger partial charge in [0.2, 0.25) is 11.1 Å². The lowest BCUT2D eigenvalue weighted by Gasteiger charge is -2.13. The van der Waals surface area contributed by atoms with Crippen LogP contribution in [0.3, 0.4) is 0 Å². The number of amides is 1. The quantitative estimate of drug-likeness (QED) is 0.561. The van der Waals surface area contributed by atoms with E-state index in [0.29, 0.717) is 16.6 Å². The van der Waals surface area contributed by atoms with Crippen molar-refractivity contribution in [2.75, 3.05) is 18.3 Å². The van der Waals surface area contributed by atoms with Crippen LogP contribution in [0.4, 0.5) is 5.69 Å². The summed E-state index contributed by atoms with van der Waals surface area (Å²) >= 11 is 1.28. The van der Waals surface area contributed by atoms with Gasteiger partial charge in [0.25, 0.3) is 0 Å². The maximum absolute atomic E-state index is 12.4. The van der Waals surface area contributed by atoms with Gasteiger partial charge in [0, 0.05) is 6.42 Å². The van der Waals surface area contributed by atoms with E-state index in [0.717, 1.165) is 25.1 Å². The minimum atomic E-state index is -0.375. The van der Waals surface area contributed by atoms with Gasteiger partial charge in [-0.1, -0.05) is 37.2 Å². The number of carbonyl (C=O) groups excluding carboxylic acids is 1. The molecule has 0 aliphatic rings. The Hall–Kier alpha value is -2.22. The zero-order valence-electron chi connectivity index (χ0n) is 14.2. The highest BCUT2D eigenvalue weighted by atomic mass is 32.2. The molecule has 7 nitrogen and oxygen atoms in total. The van der Waals surface area contributed by atoms with Crippen LogP contribution in [0.2, 0.25) is 0 Å². The van der Waals surface area contributed by atoms with Gasteiger partial charge in [0.05, 0.1) is 18.0 Å². The second kappa shape index (κ2) is 8.58. The van der Waals surface area contributed by atoms with Crippen LogP contribution in [-0.4, -0.2) is 33.1 Å². The largest absolute Gasteiger partial charge is 0.495 e. The van der Waals surface area contributed by atoms with Gasteiger partial charge in [-0.05, 0) is 25.5 Å². The number of rotatable bonds is 8.